The van der Waals surface area contributed by atoms with E-state index >= 15 is 0 Å². The van der Waals surface area contributed by atoms with Gasteiger partial charge in [-0.05, 0) is 11.5 Å². The van der Waals surface area contributed by atoms with Crippen molar-refractivity contribution in [2.45, 2.75) is 13.8 Å². The average Bonchev–Trinajstić information content (AvgIpc) is 2.16. The molecule has 0 fully saturated rings. The van der Waals surface area contributed by atoms with E-state index in [0.717, 1.165) is 11.5 Å². The van der Waals surface area contributed by atoms with E-state index < -0.39 is 11.5 Å². The minimum Gasteiger partial charge on any atom is -0.480 e. The number of halogens is 1. The lowest BCUT2D eigenvalue weighted by atomic mass is 10.5. The van der Waals surface area contributed by atoms with Gasteiger partial charge in [0.15, 0.2) is 0 Å². The first kappa shape index (κ1) is 17.6. The molecule has 0 aromatic rings. The first-order valence-electron chi connectivity index (χ1n) is 5.35. The van der Waals surface area contributed by atoms with E-state index in [9.17, 15) is 9.36 Å². The van der Waals surface area contributed by atoms with Crippen LogP contribution in [0.5, 0.6) is 0 Å². The van der Waals surface area contributed by atoms with E-state index in [-0.39, 0.29) is 6.54 Å². The molecule has 102 valence electrons. The van der Waals surface area contributed by atoms with Crippen LogP contribution in [-0.4, -0.2) is 52.7 Å². The van der Waals surface area contributed by atoms with Crippen molar-refractivity contribution in [2.75, 3.05) is 36.8 Å². The number of hydrogen-bond donors (Lipinski definition) is 1. The molecule has 0 radical (unpaired) electrons. The Morgan fingerprint density at radius 1 is 1.35 bits per heavy atom. The molecule has 0 spiro atoms. The first-order chi connectivity index (χ1) is 7.97. The average molecular weight is 320 g/mol. The Morgan fingerprint density at radius 2 is 1.88 bits per heavy atom. The maximum Gasteiger partial charge on any atom is 0.317 e. The van der Waals surface area contributed by atoms with E-state index in [1.165, 1.54) is 22.8 Å². The van der Waals surface area contributed by atoms with Crippen LogP contribution < -0.4 is 0 Å². The monoisotopic (exact) mass is 319 g/mol. The third-order valence-corrected chi connectivity index (χ3v) is 10.5. The van der Waals surface area contributed by atoms with Crippen LogP contribution in [0.4, 0.5) is 0 Å². The van der Waals surface area contributed by atoms with Gasteiger partial charge in [0.25, 0.3) is 0 Å². The van der Waals surface area contributed by atoms with Gasteiger partial charge in [0, 0.05) is 12.4 Å². The molecule has 4 nitrogen and oxygen atoms in total. The number of aliphatic carboxylic acids is 1. The Hall–Kier alpha value is 0.650. The lowest BCUT2D eigenvalue weighted by molar-refractivity contribution is -0.138. The zero-order valence-corrected chi connectivity index (χ0v) is 13.4. The highest BCUT2D eigenvalue weighted by Crippen LogP contribution is 2.68. The largest absolute Gasteiger partial charge is 0.480 e. The van der Waals surface area contributed by atoms with Crippen molar-refractivity contribution in [3.8, 4) is 0 Å². The van der Waals surface area contributed by atoms with Crippen molar-refractivity contribution in [3.63, 3.8) is 0 Å². The third-order valence-electron chi connectivity index (χ3n) is 1.78. The van der Waals surface area contributed by atoms with Crippen molar-refractivity contribution in [1.82, 2.24) is 4.90 Å². The van der Waals surface area contributed by atoms with E-state index in [0.29, 0.717) is 18.7 Å². The van der Waals surface area contributed by atoms with Gasteiger partial charge in [-0.2, -0.15) is 0 Å². The molecular weight excluding hydrogens is 301 g/mol. The molecule has 1 N–H and O–H groups in total. The molecule has 0 atom stereocenters. The Labute approximate surface area is 116 Å². The van der Waals surface area contributed by atoms with E-state index in [1.807, 2.05) is 13.8 Å². The molecule has 0 aliphatic rings. The summed E-state index contributed by atoms with van der Waals surface area (Å²) in [6, 6.07) is 0. The molecule has 0 saturated heterocycles. The smallest absolute Gasteiger partial charge is 0.317 e. The highest BCUT2D eigenvalue weighted by Gasteiger charge is 2.26. The molecule has 0 aromatic carbocycles. The molecule has 0 bridgehead atoms. The summed E-state index contributed by atoms with van der Waals surface area (Å²) in [7, 11) is 0. The number of alkyl halides is 1. The molecule has 0 aromatic heterocycles. The summed E-state index contributed by atoms with van der Waals surface area (Å²) in [6.07, 6.45) is 0.309. The Bertz CT molecular complexity index is 271. The SMILES string of the molecule is CCSP(=O)(CN(CCCl)CC(=O)O)SCC. The van der Waals surface area contributed by atoms with Crippen LogP contribution in [0.25, 0.3) is 0 Å². The van der Waals surface area contributed by atoms with Crippen molar-refractivity contribution < 1.29 is 14.5 Å². The Balaban J connectivity index is 4.54. The quantitative estimate of drug-likeness (QED) is 0.492. The topological polar surface area (TPSA) is 57.6 Å². The fourth-order valence-corrected chi connectivity index (χ4v) is 9.88. The van der Waals surface area contributed by atoms with Crippen LogP contribution in [0.15, 0.2) is 0 Å². The second-order valence-electron chi connectivity index (χ2n) is 3.22. The lowest BCUT2D eigenvalue weighted by Crippen LogP contribution is -2.31. The minimum absolute atomic E-state index is 0.106. The normalized spacial score (nSPS) is 12.0. The standard InChI is InChI=1S/C9H19ClNO3PS2/c1-3-16-15(14,17-4-2)8-11(6-5-10)7-9(12)13/h3-8H2,1-2H3,(H,12,13). The minimum atomic E-state index is -2.42. The van der Waals surface area contributed by atoms with Gasteiger partial charge in [-0.15, -0.1) is 11.6 Å². The van der Waals surface area contributed by atoms with Gasteiger partial charge in [-0.25, -0.2) is 0 Å². The van der Waals surface area contributed by atoms with Gasteiger partial charge < -0.3 is 5.11 Å². The summed E-state index contributed by atoms with van der Waals surface area (Å²) in [6.45, 7) is 4.25. The summed E-state index contributed by atoms with van der Waals surface area (Å²) >= 11 is 8.48. The van der Waals surface area contributed by atoms with Gasteiger partial charge in [0.05, 0.1) is 12.8 Å². The lowest BCUT2D eigenvalue weighted by Gasteiger charge is -2.24. The van der Waals surface area contributed by atoms with Gasteiger partial charge in [0.2, 0.25) is 5.55 Å². The Morgan fingerprint density at radius 3 is 2.24 bits per heavy atom. The van der Waals surface area contributed by atoms with Gasteiger partial charge >= 0.3 is 5.97 Å². The van der Waals surface area contributed by atoms with Crippen molar-refractivity contribution >= 4 is 45.9 Å². The third kappa shape index (κ3) is 8.38. The second-order valence-corrected chi connectivity index (χ2v) is 12.6. The molecule has 0 aliphatic heterocycles. The molecule has 8 heteroatoms. The molecule has 0 unspecified atom stereocenters. The number of carboxylic acids is 1. The maximum absolute atomic E-state index is 12.5. The summed E-state index contributed by atoms with van der Waals surface area (Å²) in [5.74, 6) is 0.976. The number of hydrogen-bond acceptors (Lipinski definition) is 5. The Kier molecular flexibility index (Phi) is 9.93. The van der Waals surface area contributed by atoms with Crippen LogP contribution >= 0.6 is 39.9 Å². The number of carboxylic acid groups (broad SMARTS) is 1. The maximum atomic E-state index is 12.5. The predicted molar refractivity (Wildman–Crippen MR) is 78.7 cm³/mol. The van der Waals surface area contributed by atoms with E-state index in [4.69, 9.17) is 16.7 Å². The van der Waals surface area contributed by atoms with Crippen LogP contribution in [-0.2, 0) is 9.36 Å². The van der Waals surface area contributed by atoms with Crippen LogP contribution in [0.1, 0.15) is 13.8 Å². The molecule has 0 aliphatic carbocycles. The molecule has 0 amide bonds. The summed E-state index contributed by atoms with van der Waals surface area (Å²) < 4.78 is 12.5. The van der Waals surface area contributed by atoms with Crippen molar-refractivity contribution in [1.29, 1.82) is 0 Å². The number of carbonyl (C=O) groups is 1. The first-order valence-corrected chi connectivity index (χ1v) is 11.0. The number of nitrogens with zero attached hydrogens (tertiary/aromatic N) is 1. The second kappa shape index (κ2) is 9.56. The van der Waals surface area contributed by atoms with E-state index in [2.05, 4.69) is 0 Å². The summed E-state index contributed by atoms with van der Waals surface area (Å²) in [5.41, 5.74) is -2.42. The van der Waals surface area contributed by atoms with Crippen LogP contribution in [0, 0.1) is 0 Å². The van der Waals surface area contributed by atoms with Gasteiger partial charge in [0.1, 0.15) is 0 Å². The zero-order valence-electron chi connectivity index (χ0n) is 10.1. The van der Waals surface area contributed by atoms with Crippen LogP contribution in [0.2, 0.25) is 0 Å². The van der Waals surface area contributed by atoms with Crippen LogP contribution in [0.3, 0.4) is 0 Å². The fourth-order valence-electron chi connectivity index (χ4n) is 1.27. The van der Waals surface area contributed by atoms with Gasteiger partial charge in [-0.3, -0.25) is 14.3 Å². The zero-order chi connectivity index (χ0) is 13.3. The predicted octanol–water partition coefficient (Wildman–Crippen LogP) is 3.27. The molecule has 0 heterocycles. The highest BCUT2D eigenvalue weighted by molar-refractivity contribution is 8.90. The summed E-state index contributed by atoms with van der Waals surface area (Å²) in [5, 5.41) is 8.78. The fraction of sp³-hybridized carbons (Fsp3) is 0.889. The highest BCUT2D eigenvalue weighted by atomic mass is 35.5. The summed E-state index contributed by atoms with van der Waals surface area (Å²) in [4.78, 5) is 12.4. The number of rotatable bonds is 10. The molecular formula is C9H19ClNO3PS2. The van der Waals surface area contributed by atoms with Crippen molar-refractivity contribution in [2.24, 2.45) is 0 Å². The van der Waals surface area contributed by atoms with Gasteiger partial charge in [-0.1, -0.05) is 36.6 Å². The van der Waals surface area contributed by atoms with Crippen molar-refractivity contribution in [3.05, 3.63) is 0 Å². The molecule has 0 rings (SSSR count). The van der Waals surface area contributed by atoms with E-state index in [1.54, 1.807) is 4.90 Å². The molecule has 0 saturated carbocycles. The molecule has 17 heavy (non-hydrogen) atoms.